The van der Waals surface area contributed by atoms with Crippen LogP contribution in [0.2, 0.25) is 0 Å². The number of carbonyl (C=O) groups excluding carboxylic acids is 1. The molecule has 0 aromatic heterocycles. The Balaban J connectivity index is 1.99. The summed E-state index contributed by atoms with van der Waals surface area (Å²) in [6.45, 7) is 8.46. The van der Waals surface area contributed by atoms with Crippen molar-refractivity contribution in [2.75, 3.05) is 46.6 Å². The molecular formula is C18H28N2O3. The molecule has 1 amide bonds. The predicted octanol–water partition coefficient (Wildman–Crippen LogP) is 1.63. The zero-order chi connectivity index (χ0) is 16.7. The average molecular weight is 320 g/mol. The number of methoxy groups -OCH3 is 1. The number of hydrogen-bond donors (Lipinski definition) is 1. The van der Waals surface area contributed by atoms with Gasteiger partial charge in [-0.15, -0.1) is 0 Å². The summed E-state index contributed by atoms with van der Waals surface area (Å²) in [4.78, 5) is 14.9. The number of carbonyl (C=O) groups is 1. The summed E-state index contributed by atoms with van der Waals surface area (Å²) in [6.07, 6.45) is 0. The summed E-state index contributed by atoms with van der Waals surface area (Å²) in [5.41, 5.74) is 0.528. The number of amides is 1. The zero-order valence-corrected chi connectivity index (χ0v) is 14.4. The van der Waals surface area contributed by atoms with Crippen LogP contribution in [0.15, 0.2) is 30.3 Å². The van der Waals surface area contributed by atoms with Gasteiger partial charge >= 0.3 is 0 Å². The third kappa shape index (κ3) is 5.03. The lowest BCUT2D eigenvalue weighted by molar-refractivity contribution is -0.128. The summed E-state index contributed by atoms with van der Waals surface area (Å²) >= 11 is 0. The minimum atomic E-state index is -0.521. The van der Waals surface area contributed by atoms with Crippen molar-refractivity contribution < 1.29 is 14.3 Å². The lowest BCUT2D eigenvalue weighted by atomic mass is 9.92. The quantitative estimate of drug-likeness (QED) is 0.830. The van der Waals surface area contributed by atoms with Crippen LogP contribution < -0.4 is 5.32 Å². The van der Waals surface area contributed by atoms with Crippen molar-refractivity contribution in [1.82, 2.24) is 10.2 Å². The monoisotopic (exact) mass is 320 g/mol. The molecule has 23 heavy (non-hydrogen) atoms. The number of hydrogen-bond acceptors (Lipinski definition) is 4. The Kier molecular flexibility index (Phi) is 6.57. The molecule has 1 aromatic carbocycles. The highest BCUT2D eigenvalue weighted by molar-refractivity contribution is 5.79. The van der Waals surface area contributed by atoms with Gasteiger partial charge in [-0.1, -0.05) is 37.3 Å². The van der Waals surface area contributed by atoms with Crippen molar-refractivity contribution in [2.24, 2.45) is 5.92 Å². The first-order valence-electron chi connectivity index (χ1n) is 8.22. The van der Waals surface area contributed by atoms with E-state index in [-0.39, 0.29) is 11.8 Å². The lowest BCUT2D eigenvalue weighted by Gasteiger charge is -2.33. The summed E-state index contributed by atoms with van der Waals surface area (Å²) in [5.74, 6) is -0.0205. The summed E-state index contributed by atoms with van der Waals surface area (Å²) in [5, 5.41) is 3.18. The maximum Gasteiger partial charge on any atom is 0.224 e. The highest BCUT2D eigenvalue weighted by atomic mass is 16.5. The molecule has 0 spiro atoms. The molecule has 2 rings (SSSR count). The van der Waals surface area contributed by atoms with E-state index in [0.29, 0.717) is 6.61 Å². The number of rotatable bonds is 7. The third-order valence-electron chi connectivity index (χ3n) is 4.33. The van der Waals surface area contributed by atoms with E-state index < -0.39 is 5.54 Å². The van der Waals surface area contributed by atoms with Gasteiger partial charge in [-0.25, -0.2) is 0 Å². The zero-order valence-electron chi connectivity index (χ0n) is 14.4. The molecule has 1 saturated heterocycles. The van der Waals surface area contributed by atoms with Gasteiger partial charge in [0.1, 0.15) is 0 Å². The third-order valence-corrected chi connectivity index (χ3v) is 4.33. The molecule has 128 valence electrons. The van der Waals surface area contributed by atoms with Gasteiger partial charge in [-0.3, -0.25) is 9.69 Å². The van der Waals surface area contributed by atoms with Gasteiger partial charge in [-0.2, -0.15) is 0 Å². The van der Waals surface area contributed by atoms with Crippen LogP contribution >= 0.6 is 0 Å². The first kappa shape index (κ1) is 17.9. The smallest absolute Gasteiger partial charge is 0.224 e. The average Bonchev–Trinajstić information content (AvgIpc) is 2.56. The van der Waals surface area contributed by atoms with E-state index in [1.807, 2.05) is 44.2 Å². The van der Waals surface area contributed by atoms with Crippen molar-refractivity contribution in [3.8, 4) is 0 Å². The summed E-state index contributed by atoms with van der Waals surface area (Å²) < 4.78 is 10.7. The molecule has 0 bridgehead atoms. The molecule has 1 heterocycles. The largest absolute Gasteiger partial charge is 0.382 e. The Hall–Kier alpha value is -1.43. The Morgan fingerprint density at radius 2 is 2.00 bits per heavy atom. The number of nitrogens with zero attached hydrogens (tertiary/aromatic N) is 1. The van der Waals surface area contributed by atoms with Crippen LogP contribution in [0.3, 0.4) is 0 Å². The predicted molar refractivity (Wildman–Crippen MR) is 90.2 cm³/mol. The molecule has 1 aliphatic heterocycles. The van der Waals surface area contributed by atoms with E-state index in [4.69, 9.17) is 9.47 Å². The summed E-state index contributed by atoms with van der Waals surface area (Å²) in [6, 6.07) is 9.97. The standard InChI is InChI=1S/C18H28N2O3/c1-15(13-20-9-11-23-12-10-20)17(21)19-18(2,14-22-3)16-7-5-4-6-8-16/h4-8,15H,9-14H2,1-3H3,(H,19,21). The number of nitrogens with one attached hydrogen (secondary N) is 1. The van der Waals surface area contributed by atoms with Crippen LogP contribution in [0.4, 0.5) is 0 Å². The Labute approximate surface area is 139 Å². The maximum atomic E-state index is 12.7. The SMILES string of the molecule is COCC(C)(NC(=O)C(C)CN1CCOCC1)c1ccccc1. The molecule has 5 nitrogen and oxygen atoms in total. The molecule has 1 aromatic rings. The second-order valence-electron chi connectivity index (χ2n) is 6.43. The molecule has 1 N–H and O–H groups in total. The Bertz CT molecular complexity index is 488. The lowest BCUT2D eigenvalue weighted by Crippen LogP contribution is -2.50. The van der Waals surface area contributed by atoms with Crippen LogP contribution in [-0.4, -0.2) is 57.4 Å². The molecule has 1 fully saturated rings. The highest BCUT2D eigenvalue weighted by Crippen LogP contribution is 2.21. The van der Waals surface area contributed by atoms with E-state index in [1.54, 1.807) is 7.11 Å². The van der Waals surface area contributed by atoms with Crippen molar-refractivity contribution in [3.05, 3.63) is 35.9 Å². The highest BCUT2D eigenvalue weighted by Gasteiger charge is 2.30. The van der Waals surface area contributed by atoms with Gasteiger partial charge in [0.05, 0.1) is 25.4 Å². The molecule has 0 saturated carbocycles. The first-order valence-corrected chi connectivity index (χ1v) is 8.22. The molecular weight excluding hydrogens is 292 g/mol. The normalized spacial score (nSPS) is 19.8. The van der Waals surface area contributed by atoms with Crippen LogP contribution in [0.25, 0.3) is 0 Å². The fraction of sp³-hybridized carbons (Fsp3) is 0.611. The van der Waals surface area contributed by atoms with Crippen molar-refractivity contribution >= 4 is 5.91 Å². The first-order chi connectivity index (χ1) is 11.0. The molecule has 2 unspecified atom stereocenters. The second kappa shape index (κ2) is 8.43. The Morgan fingerprint density at radius 3 is 2.61 bits per heavy atom. The number of ether oxygens (including phenoxy) is 2. The van der Waals surface area contributed by atoms with Gasteiger partial charge in [-0.05, 0) is 12.5 Å². The van der Waals surface area contributed by atoms with Crippen LogP contribution in [0, 0.1) is 5.92 Å². The molecule has 1 aliphatic rings. The maximum absolute atomic E-state index is 12.7. The summed E-state index contributed by atoms with van der Waals surface area (Å²) in [7, 11) is 1.66. The van der Waals surface area contributed by atoms with E-state index >= 15 is 0 Å². The van der Waals surface area contributed by atoms with E-state index in [1.165, 1.54) is 0 Å². The van der Waals surface area contributed by atoms with Crippen molar-refractivity contribution in [2.45, 2.75) is 19.4 Å². The minimum Gasteiger partial charge on any atom is -0.382 e. The molecule has 2 atom stereocenters. The van der Waals surface area contributed by atoms with Crippen molar-refractivity contribution in [1.29, 1.82) is 0 Å². The van der Waals surface area contributed by atoms with E-state index in [2.05, 4.69) is 10.2 Å². The fourth-order valence-corrected chi connectivity index (χ4v) is 2.94. The second-order valence-corrected chi connectivity index (χ2v) is 6.43. The number of benzene rings is 1. The number of morpholine rings is 1. The van der Waals surface area contributed by atoms with Gasteiger partial charge in [0.2, 0.25) is 5.91 Å². The van der Waals surface area contributed by atoms with Gasteiger partial charge in [0.25, 0.3) is 0 Å². The minimum absolute atomic E-state index is 0.0555. The van der Waals surface area contributed by atoms with Crippen molar-refractivity contribution in [3.63, 3.8) is 0 Å². The van der Waals surface area contributed by atoms with E-state index in [0.717, 1.165) is 38.4 Å². The van der Waals surface area contributed by atoms with Crippen LogP contribution in [0.1, 0.15) is 19.4 Å². The molecule has 0 aliphatic carbocycles. The fourth-order valence-electron chi connectivity index (χ4n) is 2.94. The van der Waals surface area contributed by atoms with Crippen LogP contribution in [0.5, 0.6) is 0 Å². The van der Waals surface area contributed by atoms with Crippen LogP contribution in [-0.2, 0) is 19.8 Å². The molecule has 5 heteroatoms. The van der Waals surface area contributed by atoms with Gasteiger partial charge < -0.3 is 14.8 Å². The Morgan fingerprint density at radius 1 is 1.35 bits per heavy atom. The van der Waals surface area contributed by atoms with E-state index in [9.17, 15) is 4.79 Å². The van der Waals surface area contributed by atoms with Gasteiger partial charge in [0, 0.05) is 32.7 Å². The topological polar surface area (TPSA) is 50.8 Å². The van der Waals surface area contributed by atoms with Gasteiger partial charge in [0.15, 0.2) is 0 Å². The molecule has 0 radical (unpaired) electrons.